The summed E-state index contributed by atoms with van der Waals surface area (Å²) >= 11 is 0. The van der Waals surface area contributed by atoms with Gasteiger partial charge in [0.25, 0.3) is 0 Å². The predicted octanol–water partition coefficient (Wildman–Crippen LogP) is 5.69. The van der Waals surface area contributed by atoms with Gasteiger partial charge in [-0.05, 0) is 36.6 Å². The molecule has 0 aliphatic carbocycles. The summed E-state index contributed by atoms with van der Waals surface area (Å²) in [6.07, 6.45) is 12.9. The number of hydrogen-bond acceptors (Lipinski definition) is 2. The average molecular weight is 292 g/mol. The molecule has 0 amide bonds. The maximum atomic E-state index is 4.58. The van der Waals surface area contributed by atoms with Crippen LogP contribution in [0.2, 0.25) is 0 Å². The van der Waals surface area contributed by atoms with Crippen molar-refractivity contribution in [2.75, 3.05) is 0 Å². The number of fused-ring (bicyclic) bond motifs is 3. The Balaban J connectivity index is 1.82. The maximum Gasteiger partial charge on any atom is 0.0967 e. The minimum Gasteiger partial charge on any atom is -0.254 e. The van der Waals surface area contributed by atoms with Gasteiger partial charge in [-0.2, -0.15) is 0 Å². The first-order valence-electron chi connectivity index (χ1n) is 8.51. The van der Waals surface area contributed by atoms with E-state index in [9.17, 15) is 0 Å². The molecule has 2 aromatic heterocycles. The number of benzene rings is 1. The lowest BCUT2D eigenvalue weighted by molar-refractivity contribution is 0.608. The standard InChI is InChI=1S/C20H24N2/c1-2-3-4-5-6-7-10-16-15-17-11-8-13-21-19(17)20-18(16)12-9-14-22-20/h8-9,11-15H,2-7,10H2,1H3. The number of hydrogen-bond donors (Lipinski definition) is 0. The first-order chi connectivity index (χ1) is 10.9. The molecule has 0 N–H and O–H groups in total. The lowest BCUT2D eigenvalue weighted by atomic mass is 9.98. The van der Waals surface area contributed by atoms with Crippen molar-refractivity contribution in [3.63, 3.8) is 0 Å². The quantitative estimate of drug-likeness (QED) is 0.413. The second kappa shape index (κ2) is 7.35. The van der Waals surface area contributed by atoms with E-state index in [0.717, 1.165) is 17.5 Å². The normalized spacial score (nSPS) is 11.3. The maximum absolute atomic E-state index is 4.58. The van der Waals surface area contributed by atoms with Crippen LogP contribution in [0.5, 0.6) is 0 Å². The second-order valence-electron chi connectivity index (χ2n) is 6.03. The van der Waals surface area contributed by atoms with Gasteiger partial charge in [0, 0.05) is 23.2 Å². The Hall–Kier alpha value is -1.96. The SMILES string of the molecule is CCCCCCCCc1cc2cccnc2c2ncccc12. The molecule has 0 unspecified atom stereocenters. The highest BCUT2D eigenvalue weighted by Crippen LogP contribution is 2.26. The lowest BCUT2D eigenvalue weighted by Crippen LogP contribution is -1.92. The lowest BCUT2D eigenvalue weighted by Gasteiger charge is -2.09. The van der Waals surface area contributed by atoms with Gasteiger partial charge in [-0.3, -0.25) is 9.97 Å². The van der Waals surface area contributed by atoms with Gasteiger partial charge in [0.05, 0.1) is 11.0 Å². The van der Waals surface area contributed by atoms with Crippen molar-refractivity contribution in [2.45, 2.75) is 51.9 Å². The summed E-state index contributed by atoms with van der Waals surface area (Å²) in [5.41, 5.74) is 3.48. The van der Waals surface area contributed by atoms with E-state index < -0.39 is 0 Å². The second-order valence-corrected chi connectivity index (χ2v) is 6.03. The van der Waals surface area contributed by atoms with Crippen LogP contribution in [0.15, 0.2) is 42.7 Å². The molecule has 0 saturated carbocycles. The van der Waals surface area contributed by atoms with E-state index >= 15 is 0 Å². The Morgan fingerprint density at radius 2 is 1.55 bits per heavy atom. The molecule has 0 fully saturated rings. The highest BCUT2D eigenvalue weighted by atomic mass is 14.7. The van der Waals surface area contributed by atoms with Gasteiger partial charge < -0.3 is 0 Å². The zero-order valence-corrected chi connectivity index (χ0v) is 13.4. The fourth-order valence-electron chi connectivity index (χ4n) is 3.15. The molecule has 2 heteroatoms. The Morgan fingerprint density at radius 3 is 2.41 bits per heavy atom. The summed E-state index contributed by atoms with van der Waals surface area (Å²) in [7, 11) is 0. The van der Waals surface area contributed by atoms with Crippen LogP contribution in [0.1, 0.15) is 51.0 Å². The molecule has 0 spiro atoms. The fourth-order valence-corrected chi connectivity index (χ4v) is 3.15. The molecule has 0 bridgehead atoms. The van der Waals surface area contributed by atoms with Crippen LogP contribution in [0.4, 0.5) is 0 Å². The molecule has 22 heavy (non-hydrogen) atoms. The van der Waals surface area contributed by atoms with Crippen LogP contribution in [-0.4, -0.2) is 9.97 Å². The number of rotatable bonds is 7. The zero-order valence-electron chi connectivity index (χ0n) is 13.4. The van der Waals surface area contributed by atoms with Crippen LogP contribution in [0.3, 0.4) is 0 Å². The van der Waals surface area contributed by atoms with Gasteiger partial charge in [-0.1, -0.05) is 51.2 Å². The third kappa shape index (κ3) is 3.27. The smallest absolute Gasteiger partial charge is 0.0967 e. The molecule has 0 aliphatic rings. The molecule has 3 aromatic rings. The molecule has 0 saturated heterocycles. The third-order valence-electron chi connectivity index (χ3n) is 4.35. The van der Waals surface area contributed by atoms with E-state index in [1.54, 1.807) is 0 Å². The van der Waals surface area contributed by atoms with Crippen LogP contribution in [0, 0.1) is 0 Å². The Morgan fingerprint density at radius 1 is 0.818 bits per heavy atom. The number of aromatic nitrogens is 2. The van der Waals surface area contributed by atoms with Crippen LogP contribution in [0.25, 0.3) is 21.8 Å². The number of unbranched alkanes of at least 4 members (excludes halogenated alkanes) is 5. The summed E-state index contributed by atoms with van der Waals surface area (Å²) in [4.78, 5) is 9.09. The van der Waals surface area contributed by atoms with Gasteiger partial charge in [-0.15, -0.1) is 0 Å². The van der Waals surface area contributed by atoms with Crippen molar-refractivity contribution >= 4 is 21.8 Å². The van der Waals surface area contributed by atoms with Crippen molar-refractivity contribution in [2.24, 2.45) is 0 Å². The van der Waals surface area contributed by atoms with E-state index in [4.69, 9.17) is 0 Å². The fraction of sp³-hybridized carbons (Fsp3) is 0.400. The van der Waals surface area contributed by atoms with Gasteiger partial charge in [0.1, 0.15) is 0 Å². The number of nitrogens with zero attached hydrogens (tertiary/aromatic N) is 2. The van der Waals surface area contributed by atoms with Crippen LogP contribution >= 0.6 is 0 Å². The first kappa shape index (κ1) is 15.0. The van der Waals surface area contributed by atoms with Crippen molar-refractivity contribution in [1.82, 2.24) is 9.97 Å². The Labute approximate surface area is 132 Å². The number of aryl methyl sites for hydroxylation is 1. The van der Waals surface area contributed by atoms with Gasteiger partial charge >= 0.3 is 0 Å². The number of pyridine rings is 2. The van der Waals surface area contributed by atoms with Gasteiger partial charge in [0.15, 0.2) is 0 Å². The minimum atomic E-state index is 1.02. The minimum absolute atomic E-state index is 1.02. The first-order valence-corrected chi connectivity index (χ1v) is 8.51. The molecular formula is C20H24N2. The molecule has 0 atom stereocenters. The summed E-state index contributed by atoms with van der Waals surface area (Å²) in [5, 5.41) is 2.47. The Kier molecular flexibility index (Phi) is 4.99. The van der Waals surface area contributed by atoms with Crippen molar-refractivity contribution in [3.8, 4) is 0 Å². The topological polar surface area (TPSA) is 25.8 Å². The molecule has 114 valence electrons. The third-order valence-corrected chi connectivity index (χ3v) is 4.35. The highest BCUT2D eigenvalue weighted by Gasteiger charge is 2.07. The molecule has 1 aromatic carbocycles. The van der Waals surface area contributed by atoms with Crippen LogP contribution in [-0.2, 0) is 6.42 Å². The molecule has 0 aliphatic heterocycles. The summed E-state index contributed by atoms with van der Waals surface area (Å²) in [6.45, 7) is 2.27. The van der Waals surface area contributed by atoms with E-state index in [0.29, 0.717) is 0 Å². The van der Waals surface area contributed by atoms with Crippen molar-refractivity contribution in [3.05, 3.63) is 48.3 Å². The van der Waals surface area contributed by atoms with Crippen LogP contribution < -0.4 is 0 Å². The highest BCUT2D eigenvalue weighted by molar-refractivity contribution is 6.04. The Bertz CT molecular complexity index is 749. The molecule has 0 radical (unpaired) electrons. The molecular weight excluding hydrogens is 268 g/mol. The summed E-state index contributed by atoms with van der Waals surface area (Å²) < 4.78 is 0. The van der Waals surface area contributed by atoms with E-state index in [1.807, 2.05) is 24.5 Å². The van der Waals surface area contributed by atoms with E-state index in [-0.39, 0.29) is 0 Å². The zero-order chi connectivity index (χ0) is 15.2. The largest absolute Gasteiger partial charge is 0.254 e. The average Bonchev–Trinajstić information content (AvgIpc) is 2.58. The van der Waals surface area contributed by atoms with Crippen molar-refractivity contribution < 1.29 is 0 Å². The van der Waals surface area contributed by atoms with E-state index in [1.165, 1.54) is 54.9 Å². The van der Waals surface area contributed by atoms with Gasteiger partial charge in [0.2, 0.25) is 0 Å². The predicted molar refractivity (Wildman–Crippen MR) is 94.1 cm³/mol. The van der Waals surface area contributed by atoms with E-state index in [2.05, 4.69) is 35.1 Å². The summed E-state index contributed by atoms with van der Waals surface area (Å²) in [5.74, 6) is 0. The monoisotopic (exact) mass is 292 g/mol. The molecule has 2 heterocycles. The van der Waals surface area contributed by atoms with Crippen molar-refractivity contribution in [1.29, 1.82) is 0 Å². The molecule has 3 rings (SSSR count). The summed E-state index contributed by atoms with van der Waals surface area (Å²) in [6, 6.07) is 10.7. The van der Waals surface area contributed by atoms with Gasteiger partial charge in [-0.25, -0.2) is 0 Å². The molecule has 2 nitrogen and oxygen atoms in total.